The molecule has 1 aliphatic heterocycles. The molecule has 3 rings (SSSR count). The predicted octanol–water partition coefficient (Wildman–Crippen LogP) is 5.90. The summed E-state index contributed by atoms with van der Waals surface area (Å²) in [5, 5.41) is 19.4. The SMILES string of the molecule is CCCCCCCCCCCCCCCCOC1C(O)C(Cn2cc(P(=O)(OCOC(=O)C(C)(C)C)OCOC(=O)C(C)(C)C)nn2)OC1n1ccc(=O)[nH]c1=O. The van der Waals surface area contributed by atoms with Crippen molar-refractivity contribution in [1.82, 2.24) is 24.5 Å². The van der Waals surface area contributed by atoms with Crippen LogP contribution in [-0.2, 0) is 48.7 Å². The number of rotatable bonds is 26. The Bertz CT molecular complexity index is 1640. The molecule has 2 aromatic heterocycles. The highest BCUT2D eigenvalue weighted by Gasteiger charge is 2.46. The highest BCUT2D eigenvalue weighted by molar-refractivity contribution is 7.61. The Kier molecular flexibility index (Phi) is 19.8. The van der Waals surface area contributed by atoms with Crippen molar-refractivity contribution in [3.63, 3.8) is 0 Å². The predicted molar refractivity (Wildman–Crippen MR) is 212 cm³/mol. The van der Waals surface area contributed by atoms with Crippen molar-refractivity contribution in [2.45, 2.75) is 169 Å². The fourth-order valence-electron chi connectivity index (χ4n) is 6.01. The summed E-state index contributed by atoms with van der Waals surface area (Å²) in [6, 6.07) is 1.17. The summed E-state index contributed by atoms with van der Waals surface area (Å²) in [5.74, 6) is -1.25. The van der Waals surface area contributed by atoms with Crippen LogP contribution in [0, 0.1) is 10.8 Å². The molecule has 0 radical (unpaired) electrons. The molecule has 0 aliphatic carbocycles. The molecule has 1 aliphatic rings. The van der Waals surface area contributed by atoms with Crippen LogP contribution in [0.3, 0.4) is 0 Å². The van der Waals surface area contributed by atoms with Gasteiger partial charge in [0.25, 0.3) is 5.56 Å². The van der Waals surface area contributed by atoms with Gasteiger partial charge in [-0.25, -0.2) is 9.48 Å². The highest BCUT2D eigenvalue weighted by atomic mass is 31.2. The third kappa shape index (κ3) is 16.2. The summed E-state index contributed by atoms with van der Waals surface area (Å²) < 4.78 is 49.7. The van der Waals surface area contributed by atoms with Gasteiger partial charge in [0.2, 0.25) is 13.6 Å². The summed E-state index contributed by atoms with van der Waals surface area (Å²) in [7, 11) is -4.41. The number of aromatic amines is 1. The fraction of sp³-hybridized carbons (Fsp3) is 0.795. The average molecular weight is 828 g/mol. The number of H-pyrrole nitrogens is 1. The first-order chi connectivity index (χ1) is 27.0. The van der Waals surface area contributed by atoms with Gasteiger partial charge in [-0.05, 0) is 48.0 Å². The first kappa shape index (κ1) is 48.2. The standard InChI is InChI=1S/C39H66N5O12P/c1-8-9-10-11-12-13-14-15-16-17-18-19-20-21-24-51-33-32(46)29(56-34(33)44-23-22-30(45)40-37(44)49)25-43-26-31(41-42-43)57(50,54-27-52-35(47)38(2,3)4)55-28-53-36(48)39(5,6)7/h22-23,26,29,32-34,46H,8-21,24-25,27-28H2,1-7H3,(H,40,45,49). The van der Waals surface area contributed by atoms with Crippen LogP contribution in [0.1, 0.15) is 145 Å². The number of unbranched alkanes of at least 4 members (excludes halogenated alkanes) is 13. The molecule has 57 heavy (non-hydrogen) atoms. The van der Waals surface area contributed by atoms with Crippen LogP contribution in [0.2, 0.25) is 0 Å². The van der Waals surface area contributed by atoms with E-state index in [9.17, 15) is 28.8 Å². The van der Waals surface area contributed by atoms with Crippen molar-refractivity contribution in [1.29, 1.82) is 0 Å². The van der Waals surface area contributed by atoms with Gasteiger partial charge in [-0.3, -0.25) is 37.5 Å². The van der Waals surface area contributed by atoms with E-state index in [1.54, 1.807) is 41.5 Å². The summed E-state index contributed by atoms with van der Waals surface area (Å²) in [6.07, 6.45) is 15.1. The molecule has 3 heterocycles. The number of aliphatic hydroxyl groups excluding tert-OH is 1. The fourth-order valence-corrected chi connectivity index (χ4v) is 7.15. The quantitative estimate of drug-likeness (QED) is 0.0490. The number of esters is 2. The number of nitrogens with zero attached hydrogens (tertiary/aromatic N) is 4. The minimum absolute atomic E-state index is 0.139. The molecule has 1 saturated heterocycles. The van der Waals surface area contributed by atoms with Crippen LogP contribution in [0.4, 0.5) is 0 Å². The van der Waals surface area contributed by atoms with Crippen LogP contribution in [0.25, 0.3) is 0 Å². The van der Waals surface area contributed by atoms with Crippen LogP contribution < -0.4 is 16.7 Å². The Balaban J connectivity index is 1.61. The molecule has 324 valence electrons. The number of carbonyl (C=O) groups excluding carboxylic acids is 2. The third-order valence-electron chi connectivity index (χ3n) is 9.47. The second-order valence-electron chi connectivity index (χ2n) is 16.7. The largest absolute Gasteiger partial charge is 0.438 e. The van der Waals surface area contributed by atoms with Gasteiger partial charge in [-0.1, -0.05) is 95.6 Å². The Hall–Kier alpha value is -3.21. The molecule has 17 nitrogen and oxygen atoms in total. The molecular formula is C39H66N5O12P. The van der Waals surface area contributed by atoms with Crippen molar-refractivity contribution in [2.24, 2.45) is 10.8 Å². The molecular weight excluding hydrogens is 761 g/mol. The third-order valence-corrected chi connectivity index (χ3v) is 11.1. The van der Waals surface area contributed by atoms with Crippen molar-refractivity contribution in [3.8, 4) is 0 Å². The van der Waals surface area contributed by atoms with Crippen molar-refractivity contribution < 1.29 is 47.3 Å². The molecule has 2 aromatic rings. The van der Waals surface area contributed by atoms with E-state index >= 15 is 0 Å². The van der Waals surface area contributed by atoms with Crippen LogP contribution in [-0.4, -0.2) is 80.1 Å². The topological polar surface area (TPSA) is 212 Å². The number of aliphatic hydroxyl groups is 1. The Labute approximate surface area is 336 Å². The summed E-state index contributed by atoms with van der Waals surface area (Å²) in [4.78, 5) is 51.4. The number of ether oxygens (including phenoxy) is 4. The van der Waals surface area contributed by atoms with Gasteiger partial charge in [0.1, 0.15) is 18.3 Å². The smallest absolute Gasteiger partial charge is 0.388 e. The maximum Gasteiger partial charge on any atom is 0.388 e. The molecule has 2 N–H and O–H groups in total. The Morgan fingerprint density at radius 3 is 1.84 bits per heavy atom. The van der Waals surface area contributed by atoms with Crippen molar-refractivity contribution in [3.05, 3.63) is 39.3 Å². The lowest BCUT2D eigenvalue weighted by Crippen LogP contribution is -2.39. The summed E-state index contributed by atoms with van der Waals surface area (Å²) in [5.41, 5.74) is -3.35. The zero-order chi connectivity index (χ0) is 42.1. The average Bonchev–Trinajstić information content (AvgIpc) is 3.73. The van der Waals surface area contributed by atoms with Gasteiger partial charge < -0.3 is 24.1 Å². The zero-order valence-electron chi connectivity index (χ0n) is 34.9. The van der Waals surface area contributed by atoms with E-state index < -0.39 is 79.7 Å². The summed E-state index contributed by atoms with van der Waals surface area (Å²) >= 11 is 0. The molecule has 0 bridgehead atoms. The van der Waals surface area contributed by atoms with Crippen LogP contribution in [0.15, 0.2) is 28.0 Å². The molecule has 0 saturated carbocycles. The normalized spacial score (nSPS) is 18.9. The maximum atomic E-state index is 14.0. The molecule has 0 aromatic carbocycles. The lowest BCUT2D eigenvalue weighted by Gasteiger charge is -2.22. The van der Waals surface area contributed by atoms with E-state index in [4.69, 9.17) is 28.0 Å². The second kappa shape index (κ2) is 23.4. The molecule has 4 unspecified atom stereocenters. The minimum atomic E-state index is -4.41. The number of nitrogens with one attached hydrogen (secondary N) is 1. The lowest BCUT2D eigenvalue weighted by molar-refractivity contribution is -0.161. The van der Waals surface area contributed by atoms with Gasteiger partial charge in [0, 0.05) is 18.9 Å². The van der Waals surface area contributed by atoms with Crippen molar-refractivity contribution in [2.75, 3.05) is 20.2 Å². The van der Waals surface area contributed by atoms with Gasteiger partial charge in [0.15, 0.2) is 11.7 Å². The lowest BCUT2D eigenvalue weighted by atomic mass is 9.98. The number of carbonyl (C=O) groups is 2. The van der Waals surface area contributed by atoms with E-state index in [1.165, 1.54) is 87.4 Å². The summed E-state index contributed by atoms with van der Waals surface area (Å²) in [6.45, 7) is 10.7. The molecule has 0 amide bonds. The molecule has 1 fully saturated rings. The van der Waals surface area contributed by atoms with Gasteiger partial charge in [-0.2, -0.15) is 0 Å². The van der Waals surface area contributed by atoms with E-state index in [1.807, 2.05) is 0 Å². The number of hydrogen-bond donors (Lipinski definition) is 2. The van der Waals surface area contributed by atoms with Gasteiger partial charge >= 0.3 is 25.2 Å². The van der Waals surface area contributed by atoms with E-state index in [-0.39, 0.29) is 12.0 Å². The monoisotopic (exact) mass is 827 g/mol. The van der Waals surface area contributed by atoms with E-state index in [2.05, 4.69) is 22.2 Å². The Morgan fingerprint density at radius 1 is 0.842 bits per heavy atom. The zero-order valence-corrected chi connectivity index (χ0v) is 35.8. The number of aromatic nitrogens is 5. The number of hydrogen-bond acceptors (Lipinski definition) is 14. The van der Waals surface area contributed by atoms with E-state index in [0.717, 1.165) is 30.3 Å². The first-order valence-electron chi connectivity index (χ1n) is 20.4. The Morgan fingerprint density at radius 2 is 1.35 bits per heavy atom. The molecule has 18 heteroatoms. The maximum absolute atomic E-state index is 14.0. The molecule has 4 atom stereocenters. The first-order valence-corrected chi connectivity index (χ1v) is 21.9. The molecule has 0 spiro atoms. The minimum Gasteiger partial charge on any atom is -0.438 e. The second-order valence-corrected chi connectivity index (χ2v) is 18.6. The highest BCUT2D eigenvalue weighted by Crippen LogP contribution is 2.46. The van der Waals surface area contributed by atoms with E-state index in [0.29, 0.717) is 6.61 Å². The van der Waals surface area contributed by atoms with Crippen LogP contribution in [0.5, 0.6) is 0 Å². The van der Waals surface area contributed by atoms with Crippen molar-refractivity contribution >= 4 is 25.0 Å². The van der Waals surface area contributed by atoms with Gasteiger partial charge in [0.05, 0.1) is 23.6 Å². The van der Waals surface area contributed by atoms with Crippen LogP contribution >= 0.6 is 7.60 Å². The van der Waals surface area contributed by atoms with Gasteiger partial charge in [-0.15, -0.1) is 5.10 Å².